The minimum Gasteiger partial charge on any atom is -0.332 e. The van der Waals surface area contributed by atoms with Gasteiger partial charge in [-0.25, -0.2) is 4.79 Å². The van der Waals surface area contributed by atoms with Crippen LogP contribution in [0.3, 0.4) is 0 Å². The third-order valence-corrected chi connectivity index (χ3v) is 5.61. The summed E-state index contributed by atoms with van der Waals surface area (Å²) in [5, 5.41) is 0. The average Bonchev–Trinajstić information content (AvgIpc) is 3.06. The van der Waals surface area contributed by atoms with E-state index in [9.17, 15) is 9.59 Å². The number of aromatic nitrogens is 3. The smallest absolute Gasteiger partial charge is 0.329 e. The first-order chi connectivity index (χ1) is 15.1. The monoisotopic (exact) mass is 414 g/mol. The topological polar surface area (TPSA) is 60.1 Å². The summed E-state index contributed by atoms with van der Waals surface area (Å²) in [6, 6.07) is 19.5. The van der Waals surface area contributed by atoms with Gasteiger partial charge in [-0.3, -0.25) is 18.9 Å². The number of carbonyl (C=O) groups excluding carboxylic acids is 1. The zero-order valence-electron chi connectivity index (χ0n) is 17.9. The second-order valence-corrected chi connectivity index (χ2v) is 7.64. The van der Waals surface area contributed by atoms with E-state index in [1.807, 2.05) is 74.5 Å². The van der Waals surface area contributed by atoms with Crippen molar-refractivity contribution in [2.75, 3.05) is 0 Å². The first kappa shape index (κ1) is 20.6. The highest BCUT2D eigenvalue weighted by atomic mass is 16.2. The number of carbonyl (C=O) groups is 1. The lowest BCUT2D eigenvalue weighted by atomic mass is 10.1. The number of amides is 1. The SMILES string of the molecule is CCn1c(=O)n(CC(=O)N(Cc2cccnc2)Cc2ccccc2C)c2ccccc21. The number of benzene rings is 2. The van der Waals surface area contributed by atoms with Crippen molar-refractivity contribution in [3.05, 3.63) is 100 Å². The van der Waals surface area contributed by atoms with Crippen LogP contribution in [0.5, 0.6) is 0 Å². The standard InChI is InChI=1S/C25H26N4O2/c1-3-28-22-12-6-7-13-23(22)29(25(28)31)18-24(30)27(16-20-10-8-14-26-15-20)17-21-11-5-4-9-19(21)2/h4-15H,3,16-18H2,1-2H3. The molecule has 0 aliphatic carbocycles. The lowest BCUT2D eigenvalue weighted by Gasteiger charge is -2.24. The molecule has 0 unspecified atom stereocenters. The van der Waals surface area contributed by atoms with E-state index in [1.54, 1.807) is 26.4 Å². The first-order valence-corrected chi connectivity index (χ1v) is 10.5. The minimum atomic E-state index is -0.158. The number of rotatable bonds is 7. The second-order valence-electron chi connectivity index (χ2n) is 7.64. The normalized spacial score (nSPS) is 11.0. The Kier molecular flexibility index (Phi) is 5.98. The number of hydrogen-bond acceptors (Lipinski definition) is 3. The van der Waals surface area contributed by atoms with Crippen molar-refractivity contribution in [2.45, 2.75) is 40.0 Å². The average molecular weight is 415 g/mol. The van der Waals surface area contributed by atoms with E-state index < -0.39 is 0 Å². The fourth-order valence-electron chi connectivity index (χ4n) is 3.90. The number of nitrogens with zero attached hydrogens (tertiary/aromatic N) is 4. The molecule has 6 heteroatoms. The fourth-order valence-corrected chi connectivity index (χ4v) is 3.90. The number of imidazole rings is 1. The van der Waals surface area contributed by atoms with Crippen LogP contribution in [0, 0.1) is 6.92 Å². The van der Waals surface area contributed by atoms with E-state index in [0.29, 0.717) is 19.6 Å². The van der Waals surface area contributed by atoms with Gasteiger partial charge in [0.15, 0.2) is 0 Å². The summed E-state index contributed by atoms with van der Waals surface area (Å²) < 4.78 is 3.28. The Bertz CT molecular complexity index is 1260. The van der Waals surface area contributed by atoms with Crippen molar-refractivity contribution < 1.29 is 4.79 Å². The van der Waals surface area contributed by atoms with Gasteiger partial charge in [-0.1, -0.05) is 42.5 Å². The number of pyridine rings is 1. The Morgan fingerprint density at radius 1 is 0.935 bits per heavy atom. The molecule has 31 heavy (non-hydrogen) atoms. The Balaban J connectivity index is 1.68. The molecule has 4 aromatic rings. The maximum atomic E-state index is 13.5. The summed E-state index contributed by atoms with van der Waals surface area (Å²) in [4.78, 5) is 32.4. The van der Waals surface area contributed by atoms with E-state index in [-0.39, 0.29) is 18.1 Å². The lowest BCUT2D eigenvalue weighted by molar-refractivity contribution is -0.133. The van der Waals surface area contributed by atoms with E-state index in [1.165, 1.54) is 0 Å². The molecule has 0 atom stereocenters. The maximum Gasteiger partial charge on any atom is 0.329 e. The summed E-state index contributed by atoms with van der Waals surface area (Å²) in [5.74, 6) is -0.104. The third kappa shape index (κ3) is 4.28. The van der Waals surface area contributed by atoms with Crippen LogP contribution in [-0.2, 0) is 31.0 Å². The van der Waals surface area contributed by atoms with E-state index in [0.717, 1.165) is 27.7 Å². The molecule has 0 saturated heterocycles. The van der Waals surface area contributed by atoms with E-state index in [4.69, 9.17) is 0 Å². The summed E-state index contributed by atoms with van der Waals surface area (Å²) >= 11 is 0. The second kappa shape index (κ2) is 9.00. The molecule has 2 aromatic heterocycles. The summed E-state index contributed by atoms with van der Waals surface area (Å²) in [7, 11) is 0. The van der Waals surface area contributed by atoms with Gasteiger partial charge in [0.05, 0.1) is 11.0 Å². The molecular formula is C25H26N4O2. The highest BCUT2D eigenvalue weighted by Gasteiger charge is 2.20. The molecule has 0 N–H and O–H groups in total. The lowest BCUT2D eigenvalue weighted by Crippen LogP contribution is -2.36. The van der Waals surface area contributed by atoms with Crippen molar-refractivity contribution in [3.63, 3.8) is 0 Å². The largest absolute Gasteiger partial charge is 0.332 e. The number of para-hydroxylation sites is 2. The van der Waals surface area contributed by atoms with Crippen molar-refractivity contribution in [1.29, 1.82) is 0 Å². The molecule has 1 amide bonds. The fraction of sp³-hybridized carbons (Fsp3) is 0.240. The molecule has 2 aromatic carbocycles. The van der Waals surface area contributed by atoms with Crippen LogP contribution < -0.4 is 5.69 Å². The van der Waals surface area contributed by atoms with Gasteiger partial charge in [0.25, 0.3) is 0 Å². The predicted molar refractivity (Wildman–Crippen MR) is 122 cm³/mol. The van der Waals surface area contributed by atoms with Crippen LogP contribution in [0.25, 0.3) is 11.0 Å². The molecule has 0 fully saturated rings. The highest BCUT2D eigenvalue weighted by Crippen LogP contribution is 2.16. The molecule has 2 heterocycles. The highest BCUT2D eigenvalue weighted by molar-refractivity contribution is 5.81. The third-order valence-electron chi connectivity index (χ3n) is 5.61. The molecule has 0 bridgehead atoms. The van der Waals surface area contributed by atoms with Crippen molar-refractivity contribution >= 4 is 16.9 Å². The molecule has 0 saturated carbocycles. The van der Waals surface area contributed by atoms with Gasteiger partial charge in [0.2, 0.25) is 5.91 Å². The summed E-state index contributed by atoms with van der Waals surface area (Å²) in [5.41, 5.74) is 4.64. The summed E-state index contributed by atoms with van der Waals surface area (Å²) in [6.07, 6.45) is 3.49. The molecule has 4 rings (SSSR count). The van der Waals surface area contributed by atoms with Gasteiger partial charge >= 0.3 is 5.69 Å². The molecule has 0 aliphatic heterocycles. The number of hydrogen-bond donors (Lipinski definition) is 0. The zero-order chi connectivity index (χ0) is 21.8. The van der Waals surface area contributed by atoms with Gasteiger partial charge < -0.3 is 4.90 Å². The van der Waals surface area contributed by atoms with Gasteiger partial charge in [-0.05, 0) is 48.7 Å². The van der Waals surface area contributed by atoms with Gasteiger partial charge in [-0.15, -0.1) is 0 Å². The summed E-state index contributed by atoms with van der Waals surface area (Å²) in [6.45, 7) is 5.44. The molecular weight excluding hydrogens is 388 g/mol. The predicted octanol–water partition coefficient (Wildman–Crippen LogP) is 3.76. The van der Waals surface area contributed by atoms with E-state index in [2.05, 4.69) is 4.98 Å². The first-order valence-electron chi connectivity index (χ1n) is 10.5. The Labute approximate surface area is 181 Å². The Morgan fingerprint density at radius 2 is 1.65 bits per heavy atom. The molecule has 0 aliphatic rings. The molecule has 158 valence electrons. The van der Waals surface area contributed by atoms with Crippen LogP contribution >= 0.6 is 0 Å². The van der Waals surface area contributed by atoms with Crippen molar-refractivity contribution in [3.8, 4) is 0 Å². The molecule has 0 radical (unpaired) electrons. The molecule has 6 nitrogen and oxygen atoms in total. The van der Waals surface area contributed by atoms with Crippen LogP contribution in [0.4, 0.5) is 0 Å². The van der Waals surface area contributed by atoms with Gasteiger partial charge in [-0.2, -0.15) is 0 Å². The van der Waals surface area contributed by atoms with E-state index >= 15 is 0 Å². The van der Waals surface area contributed by atoms with Crippen molar-refractivity contribution in [2.24, 2.45) is 0 Å². The van der Waals surface area contributed by atoms with Gasteiger partial charge in [0, 0.05) is 32.0 Å². The quantitative estimate of drug-likeness (QED) is 0.463. The number of fused-ring (bicyclic) bond motifs is 1. The van der Waals surface area contributed by atoms with Crippen LogP contribution in [0.1, 0.15) is 23.6 Å². The van der Waals surface area contributed by atoms with Crippen molar-refractivity contribution in [1.82, 2.24) is 19.0 Å². The zero-order valence-corrected chi connectivity index (χ0v) is 17.9. The van der Waals surface area contributed by atoms with Crippen LogP contribution in [0.15, 0.2) is 77.9 Å². The van der Waals surface area contributed by atoms with Crippen LogP contribution in [0.2, 0.25) is 0 Å². The Morgan fingerprint density at radius 3 is 2.32 bits per heavy atom. The van der Waals surface area contributed by atoms with Crippen LogP contribution in [-0.4, -0.2) is 24.9 Å². The maximum absolute atomic E-state index is 13.5. The van der Waals surface area contributed by atoms with Gasteiger partial charge in [0.1, 0.15) is 6.54 Å². The molecule has 0 spiro atoms. The number of aryl methyl sites for hydroxylation is 2. The Hall–Kier alpha value is -3.67. The minimum absolute atomic E-state index is 0.00150.